The molecule has 0 radical (unpaired) electrons. The molecule has 9 heteroatoms. The van der Waals surface area contributed by atoms with Crippen molar-refractivity contribution >= 4 is 0 Å². The van der Waals surface area contributed by atoms with Crippen LogP contribution in [-0.4, -0.2) is 71.8 Å². The molecule has 1 atom stereocenters. The molecule has 1 aliphatic rings. The smallest absolute Gasteiger partial charge is 0.161 e. The Morgan fingerprint density at radius 1 is 1.14 bits per heavy atom. The number of imidazole rings is 1. The van der Waals surface area contributed by atoms with E-state index >= 15 is 0 Å². The van der Waals surface area contributed by atoms with Crippen molar-refractivity contribution in [3.63, 3.8) is 0 Å². The summed E-state index contributed by atoms with van der Waals surface area (Å²) in [5.74, 6) is 2.53. The second kappa shape index (κ2) is 12.2. The van der Waals surface area contributed by atoms with Crippen molar-refractivity contribution in [1.82, 2.24) is 14.5 Å². The fraction of sp³-hybridized carbons (Fsp3) is 0.444. The van der Waals surface area contributed by atoms with Crippen molar-refractivity contribution < 1.29 is 28.4 Å². The van der Waals surface area contributed by atoms with Gasteiger partial charge >= 0.3 is 0 Å². The largest absolute Gasteiger partial charge is 0.493 e. The molecule has 4 rings (SSSR count). The molecule has 0 saturated carbocycles. The van der Waals surface area contributed by atoms with E-state index in [0.29, 0.717) is 50.1 Å². The SMILES string of the molecule is COc1cc(CN2CCOCC(O)(COc3ccc(F)cc3)C2)ccc1OCCCn1ccnc1C. The summed E-state index contributed by atoms with van der Waals surface area (Å²) in [6.07, 6.45) is 4.62. The average molecular weight is 500 g/mol. The van der Waals surface area contributed by atoms with E-state index in [1.165, 1.54) is 12.1 Å². The molecule has 2 aromatic carbocycles. The first-order valence-corrected chi connectivity index (χ1v) is 12.1. The van der Waals surface area contributed by atoms with Gasteiger partial charge in [0.2, 0.25) is 0 Å². The van der Waals surface area contributed by atoms with E-state index in [0.717, 1.165) is 24.4 Å². The van der Waals surface area contributed by atoms with Gasteiger partial charge in [-0.2, -0.15) is 0 Å². The van der Waals surface area contributed by atoms with Crippen LogP contribution in [0.1, 0.15) is 17.8 Å². The van der Waals surface area contributed by atoms with E-state index in [2.05, 4.69) is 14.5 Å². The first-order chi connectivity index (χ1) is 17.4. The molecular formula is C27H34FN3O5. The van der Waals surface area contributed by atoms with Crippen LogP contribution in [0.15, 0.2) is 54.9 Å². The van der Waals surface area contributed by atoms with Crippen molar-refractivity contribution in [2.45, 2.75) is 32.0 Å². The number of nitrogens with zero attached hydrogens (tertiary/aromatic N) is 3. The van der Waals surface area contributed by atoms with E-state index in [9.17, 15) is 9.50 Å². The molecule has 1 unspecified atom stereocenters. The molecule has 1 saturated heterocycles. The molecule has 1 fully saturated rings. The van der Waals surface area contributed by atoms with Gasteiger partial charge in [0, 0.05) is 38.6 Å². The third kappa shape index (κ3) is 7.19. The van der Waals surface area contributed by atoms with Crippen LogP contribution in [-0.2, 0) is 17.8 Å². The van der Waals surface area contributed by atoms with E-state index in [1.807, 2.05) is 31.3 Å². The van der Waals surface area contributed by atoms with Gasteiger partial charge in [-0.15, -0.1) is 0 Å². The number of aliphatic hydroxyl groups is 1. The van der Waals surface area contributed by atoms with Gasteiger partial charge in [-0.1, -0.05) is 6.07 Å². The number of β-amino-alcohol motifs (C(OH)–C–C–N with tert-alkyl or cyclic N) is 1. The molecule has 0 bridgehead atoms. The van der Waals surface area contributed by atoms with Crippen LogP contribution in [0.3, 0.4) is 0 Å². The number of halogens is 1. The van der Waals surface area contributed by atoms with Gasteiger partial charge in [-0.05, 0) is 55.3 Å². The molecule has 2 heterocycles. The first-order valence-electron chi connectivity index (χ1n) is 12.1. The number of aryl methyl sites for hydroxylation is 2. The molecule has 194 valence electrons. The highest BCUT2D eigenvalue weighted by Crippen LogP contribution is 2.29. The van der Waals surface area contributed by atoms with Gasteiger partial charge in [0.25, 0.3) is 0 Å². The molecule has 1 aliphatic heterocycles. The lowest BCUT2D eigenvalue weighted by molar-refractivity contribution is -0.0646. The number of aromatic nitrogens is 2. The molecule has 3 aromatic rings. The van der Waals surface area contributed by atoms with Gasteiger partial charge < -0.3 is 28.6 Å². The van der Waals surface area contributed by atoms with Crippen molar-refractivity contribution in [1.29, 1.82) is 0 Å². The van der Waals surface area contributed by atoms with Crippen molar-refractivity contribution in [2.75, 3.05) is 46.6 Å². The van der Waals surface area contributed by atoms with Crippen LogP contribution < -0.4 is 14.2 Å². The lowest BCUT2D eigenvalue weighted by atomic mass is 10.1. The number of hydrogen-bond acceptors (Lipinski definition) is 7. The molecule has 0 aliphatic carbocycles. The van der Waals surface area contributed by atoms with Crippen molar-refractivity contribution in [2.24, 2.45) is 0 Å². The topological polar surface area (TPSA) is 78.2 Å². The number of rotatable bonds is 11. The minimum absolute atomic E-state index is 0.0455. The maximum absolute atomic E-state index is 13.1. The lowest BCUT2D eigenvalue weighted by Gasteiger charge is -2.30. The maximum atomic E-state index is 13.1. The Morgan fingerprint density at radius 2 is 1.97 bits per heavy atom. The molecule has 36 heavy (non-hydrogen) atoms. The maximum Gasteiger partial charge on any atom is 0.161 e. The normalized spacial score (nSPS) is 18.6. The first kappa shape index (κ1) is 25.9. The molecule has 1 N–H and O–H groups in total. The van der Waals surface area contributed by atoms with Crippen LogP contribution in [0, 0.1) is 12.7 Å². The quantitative estimate of drug-likeness (QED) is 0.405. The fourth-order valence-electron chi connectivity index (χ4n) is 4.21. The van der Waals surface area contributed by atoms with E-state index in [-0.39, 0.29) is 19.0 Å². The Labute approximate surface area is 211 Å². The molecule has 0 spiro atoms. The molecule has 0 amide bonds. The standard InChI is InChI=1S/C27H34FN3O5/c1-21-29-10-12-31(21)11-3-14-35-25-9-4-22(16-26(25)33-2)17-30-13-15-34-19-27(32,18-30)20-36-24-7-5-23(28)6-8-24/h4-10,12,16,32H,3,11,13-15,17-20H2,1-2H3. The summed E-state index contributed by atoms with van der Waals surface area (Å²) >= 11 is 0. The van der Waals surface area contributed by atoms with Gasteiger partial charge in [-0.25, -0.2) is 9.37 Å². The van der Waals surface area contributed by atoms with E-state index in [4.69, 9.17) is 18.9 Å². The van der Waals surface area contributed by atoms with Crippen molar-refractivity contribution in [3.05, 3.63) is 72.1 Å². The zero-order chi connectivity index (χ0) is 25.4. The predicted molar refractivity (Wildman–Crippen MR) is 133 cm³/mol. The third-order valence-corrected chi connectivity index (χ3v) is 6.12. The Hall–Kier alpha value is -3.14. The fourth-order valence-corrected chi connectivity index (χ4v) is 4.21. The summed E-state index contributed by atoms with van der Waals surface area (Å²) in [4.78, 5) is 6.36. The molecular weight excluding hydrogens is 465 g/mol. The second-order valence-electron chi connectivity index (χ2n) is 9.09. The van der Waals surface area contributed by atoms with Gasteiger partial charge in [0.1, 0.15) is 29.6 Å². The van der Waals surface area contributed by atoms with Crippen LogP contribution in [0.4, 0.5) is 4.39 Å². The summed E-state index contributed by atoms with van der Waals surface area (Å²) < 4.78 is 38.2. The lowest BCUT2D eigenvalue weighted by Crippen LogP contribution is -2.48. The monoisotopic (exact) mass is 499 g/mol. The van der Waals surface area contributed by atoms with Gasteiger partial charge in [0.15, 0.2) is 11.5 Å². The van der Waals surface area contributed by atoms with Crippen LogP contribution in [0.2, 0.25) is 0 Å². The van der Waals surface area contributed by atoms with Gasteiger partial charge in [-0.3, -0.25) is 4.90 Å². The number of methoxy groups -OCH3 is 1. The Bertz CT molecular complexity index is 1110. The minimum Gasteiger partial charge on any atom is -0.493 e. The third-order valence-electron chi connectivity index (χ3n) is 6.12. The Balaban J connectivity index is 1.31. The molecule has 1 aromatic heterocycles. The highest BCUT2D eigenvalue weighted by atomic mass is 19.1. The van der Waals surface area contributed by atoms with Crippen molar-refractivity contribution in [3.8, 4) is 17.2 Å². The minimum atomic E-state index is -1.19. The second-order valence-corrected chi connectivity index (χ2v) is 9.09. The highest BCUT2D eigenvalue weighted by molar-refractivity contribution is 5.43. The van der Waals surface area contributed by atoms with Gasteiger partial charge in [0.05, 0.1) is 26.9 Å². The zero-order valence-electron chi connectivity index (χ0n) is 20.9. The zero-order valence-corrected chi connectivity index (χ0v) is 20.9. The molecule has 8 nitrogen and oxygen atoms in total. The summed E-state index contributed by atoms with van der Waals surface area (Å²) in [7, 11) is 1.63. The Morgan fingerprint density at radius 3 is 2.72 bits per heavy atom. The van der Waals surface area contributed by atoms with Crippen LogP contribution >= 0.6 is 0 Å². The van der Waals surface area contributed by atoms with E-state index < -0.39 is 5.60 Å². The average Bonchev–Trinajstić information content (AvgIpc) is 3.19. The number of ether oxygens (including phenoxy) is 4. The highest BCUT2D eigenvalue weighted by Gasteiger charge is 2.33. The van der Waals surface area contributed by atoms with E-state index in [1.54, 1.807) is 25.4 Å². The van der Waals surface area contributed by atoms with Crippen LogP contribution in [0.5, 0.6) is 17.2 Å². The summed E-state index contributed by atoms with van der Waals surface area (Å²) in [6.45, 7) is 5.78. The Kier molecular flexibility index (Phi) is 8.79. The summed E-state index contributed by atoms with van der Waals surface area (Å²) in [6, 6.07) is 11.7. The summed E-state index contributed by atoms with van der Waals surface area (Å²) in [5.41, 5.74) is -0.150. The van der Waals surface area contributed by atoms with Crippen LogP contribution in [0.25, 0.3) is 0 Å². The number of benzene rings is 2. The summed E-state index contributed by atoms with van der Waals surface area (Å²) in [5, 5.41) is 11.2. The number of hydrogen-bond donors (Lipinski definition) is 1. The predicted octanol–water partition coefficient (Wildman–Crippen LogP) is 3.45.